The summed E-state index contributed by atoms with van der Waals surface area (Å²) in [5.41, 5.74) is 1.52. The van der Waals surface area contributed by atoms with Crippen LogP contribution in [0.1, 0.15) is 0 Å². The van der Waals surface area contributed by atoms with E-state index in [9.17, 15) is 4.39 Å². The fourth-order valence-corrected chi connectivity index (χ4v) is 3.17. The lowest BCUT2D eigenvalue weighted by Gasteiger charge is -2.36. The van der Waals surface area contributed by atoms with Crippen LogP contribution in [0, 0.1) is 5.82 Å². The van der Waals surface area contributed by atoms with E-state index >= 15 is 0 Å². The third-order valence-corrected chi connectivity index (χ3v) is 4.67. The number of para-hydroxylation sites is 1. The molecule has 0 saturated carbocycles. The number of aromatic nitrogens is 3. The SMILES string of the molecule is COc1ccc(Nc2cnnc(N3CCN(c4ccccc4F)CC3)n2)cc1. The highest BCUT2D eigenvalue weighted by atomic mass is 19.1. The van der Waals surface area contributed by atoms with E-state index in [0.717, 1.165) is 11.4 Å². The second-order valence-electron chi connectivity index (χ2n) is 6.42. The van der Waals surface area contributed by atoms with Crippen molar-refractivity contribution in [1.29, 1.82) is 0 Å². The van der Waals surface area contributed by atoms with Gasteiger partial charge in [-0.3, -0.25) is 0 Å². The molecule has 0 amide bonds. The van der Waals surface area contributed by atoms with Gasteiger partial charge in [0.2, 0.25) is 5.95 Å². The number of rotatable bonds is 5. The third-order valence-electron chi connectivity index (χ3n) is 4.67. The lowest BCUT2D eigenvalue weighted by Crippen LogP contribution is -2.47. The standard InChI is InChI=1S/C20H21FN6O/c1-28-16-8-6-15(7-9-16)23-19-14-22-25-20(24-19)27-12-10-26(11-13-27)18-5-3-2-4-17(18)21/h2-9,14H,10-13H2,1H3,(H,23,24,25). The van der Waals surface area contributed by atoms with Gasteiger partial charge in [-0.05, 0) is 36.4 Å². The van der Waals surface area contributed by atoms with E-state index in [1.807, 2.05) is 41.3 Å². The van der Waals surface area contributed by atoms with Crippen LogP contribution in [-0.2, 0) is 0 Å². The van der Waals surface area contributed by atoms with Crippen LogP contribution in [0.4, 0.5) is 27.5 Å². The summed E-state index contributed by atoms with van der Waals surface area (Å²) < 4.78 is 19.2. The van der Waals surface area contributed by atoms with Crippen molar-refractivity contribution in [3.05, 3.63) is 60.5 Å². The van der Waals surface area contributed by atoms with Gasteiger partial charge in [0, 0.05) is 31.9 Å². The Bertz CT molecular complexity index is 928. The molecule has 0 atom stereocenters. The average molecular weight is 380 g/mol. The average Bonchev–Trinajstić information content (AvgIpc) is 2.75. The maximum Gasteiger partial charge on any atom is 0.247 e. The molecular formula is C20H21FN6O. The molecule has 1 saturated heterocycles. The summed E-state index contributed by atoms with van der Waals surface area (Å²) in [7, 11) is 1.63. The van der Waals surface area contributed by atoms with Crippen LogP contribution in [0.5, 0.6) is 5.75 Å². The predicted octanol–water partition coefficient (Wildman–Crippen LogP) is 3.09. The molecule has 0 radical (unpaired) electrons. The third kappa shape index (κ3) is 3.95. The lowest BCUT2D eigenvalue weighted by molar-refractivity contribution is 0.415. The summed E-state index contributed by atoms with van der Waals surface area (Å²) in [6.45, 7) is 2.78. The van der Waals surface area contributed by atoms with Crippen molar-refractivity contribution in [3.8, 4) is 5.75 Å². The molecular weight excluding hydrogens is 359 g/mol. The molecule has 1 aromatic heterocycles. The minimum absolute atomic E-state index is 0.195. The van der Waals surface area contributed by atoms with Crippen molar-refractivity contribution >= 4 is 23.1 Å². The molecule has 1 fully saturated rings. The number of anilines is 4. The summed E-state index contributed by atoms with van der Waals surface area (Å²) in [6, 6.07) is 14.4. The molecule has 8 heteroatoms. The van der Waals surface area contributed by atoms with Crippen LogP contribution < -0.4 is 19.9 Å². The van der Waals surface area contributed by atoms with E-state index in [2.05, 4.69) is 25.4 Å². The Morgan fingerprint density at radius 3 is 2.39 bits per heavy atom. The summed E-state index contributed by atoms with van der Waals surface area (Å²) >= 11 is 0. The Kier molecular flexibility index (Phi) is 5.18. The Morgan fingerprint density at radius 1 is 0.964 bits per heavy atom. The van der Waals surface area contributed by atoms with E-state index in [0.29, 0.717) is 43.6 Å². The number of ether oxygens (including phenoxy) is 1. The van der Waals surface area contributed by atoms with Crippen LogP contribution >= 0.6 is 0 Å². The van der Waals surface area contributed by atoms with Crippen LogP contribution in [0.15, 0.2) is 54.7 Å². The number of nitrogens with zero attached hydrogens (tertiary/aromatic N) is 5. The van der Waals surface area contributed by atoms with Gasteiger partial charge in [-0.1, -0.05) is 12.1 Å². The monoisotopic (exact) mass is 380 g/mol. The van der Waals surface area contributed by atoms with Crippen molar-refractivity contribution in [2.24, 2.45) is 0 Å². The molecule has 3 aromatic rings. The van der Waals surface area contributed by atoms with Gasteiger partial charge in [0.25, 0.3) is 0 Å². The van der Waals surface area contributed by atoms with Crippen molar-refractivity contribution in [2.75, 3.05) is 48.4 Å². The molecule has 7 nitrogen and oxygen atoms in total. The summed E-state index contributed by atoms with van der Waals surface area (Å²) in [5, 5.41) is 11.4. The highest BCUT2D eigenvalue weighted by molar-refractivity contribution is 5.57. The molecule has 0 unspecified atom stereocenters. The Morgan fingerprint density at radius 2 is 1.68 bits per heavy atom. The number of hydrogen-bond acceptors (Lipinski definition) is 7. The van der Waals surface area contributed by atoms with E-state index in [-0.39, 0.29) is 5.82 Å². The number of nitrogens with one attached hydrogen (secondary N) is 1. The predicted molar refractivity (Wildman–Crippen MR) is 107 cm³/mol. The van der Waals surface area contributed by atoms with Gasteiger partial charge >= 0.3 is 0 Å². The molecule has 1 aliphatic heterocycles. The summed E-state index contributed by atoms with van der Waals surface area (Å²) in [6.07, 6.45) is 1.59. The van der Waals surface area contributed by atoms with Crippen LogP contribution in [0.2, 0.25) is 0 Å². The first-order valence-electron chi connectivity index (χ1n) is 9.08. The number of benzene rings is 2. The smallest absolute Gasteiger partial charge is 0.247 e. The first kappa shape index (κ1) is 18.0. The highest BCUT2D eigenvalue weighted by Gasteiger charge is 2.21. The molecule has 2 aromatic carbocycles. The van der Waals surface area contributed by atoms with Crippen LogP contribution in [-0.4, -0.2) is 48.5 Å². The van der Waals surface area contributed by atoms with E-state index in [1.165, 1.54) is 6.07 Å². The van der Waals surface area contributed by atoms with Gasteiger partial charge in [0.1, 0.15) is 11.6 Å². The fraction of sp³-hybridized carbons (Fsp3) is 0.250. The second kappa shape index (κ2) is 8.08. The van der Waals surface area contributed by atoms with Crippen molar-refractivity contribution in [2.45, 2.75) is 0 Å². The van der Waals surface area contributed by atoms with Gasteiger partial charge in [-0.2, -0.15) is 10.1 Å². The number of piperazine rings is 1. The largest absolute Gasteiger partial charge is 0.497 e. The topological polar surface area (TPSA) is 66.4 Å². The number of methoxy groups -OCH3 is 1. The van der Waals surface area contributed by atoms with Gasteiger partial charge in [0.05, 0.1) is 19.0 Å². The Balaban J connectivity index is 1.41. The minimum Gasteiger partial charge on any atom is -0.497 e. The molecule has 0 spiro atoms. The molecule has 144 valence electrons. The van der Waals surface area contributed by atoms with E-state index in [4.69, 9.17) is 4.74 Å². The Labute approximate surface area is 162 Å². The molecule has 0 bridgehead atoms. The molecule has 4 rings (SSSR count). The zero-order valence-electron chi connectivity index (χ0n) is 15.5. The van der Waals surface area contributed by atoms with Gasteiger partial charge in [0.15, 0.2) is 5.82 Å². The van der Waals surface area contributed by atoms with Crippen molar-refractivity contribution < 1.29 is 9.13 Å². The molecule has 1 N–H and O–H groups in total. The van der Waals surface area contributed by atoms with Gasteiger partial charge in [-0.25, -0.2) is 4.39 Å². The zero-order valence-corrected chi connectivity index (χ0v) is 15.5. The van der Waals surface area contributed by atoms with Crippen molar-refractivity contribution in [3.63, 3.8) is 0 Å². The Hall–Kier alpha value is -3.42. The minimum atomic E-state index is -0.195. The maximum absolute atomic E-state index is 14.0. The first-order chi connectivity index (χ1) is 13.7. The summed E-state index contributed by atoms with van der Waals surface area (Å²) in [4.78, 5) is 8.67. The van der Waals surface area contributed by atoms with Gasteiger partial charge in [-0.15, -0.1) is 5.10 Å². The normalized spacial score (nSPS) is 14.1. The first-order valence-corrected chi connectivity index (χ1v) is 9.08. The van der Waals surface area contributed by atoms with E-state index in [1.54, 1.807) is 19.4 Å². The van der Waals surface area contributed by atoms with E-state index < -0.39 is 0 Å². The molecule has 0 aliphatic carbocycles. The molecule has 2 heterocycles. The maximum atomic E-state index is 14.0. The zero-order chi connectivity index (χ0) is 19.3. The van der Waals surface area contributed by atoms with Crippen LogP contribution in [0.3, 0.4) is 0 Å². The second-order valence-corrected chi connectivity index (χ2v) is 6.42. The highest BCUT2D eigenvalue weighted by Crippen LogP contribution is 2.22. The fourth-order valence-electron chi connectivity index (χ4n) is 3.17. The van der Waals surface area contributed by atoms with Crippen LogP contribution in [0.25, 0.3) is 0 Å². The lowest BCUT2D eigenvalue weighted by atomic mass is 10.2. The quantitative estimate of drug-likeness (QED) is 0.730. The molecule has 28 heavy (non-hydrogen) atoms. The number of halogens is 1. The van der Waals surface area contributed by atoms with Gasteiger partial charge < -0.3 is 19.9 Å². The van der Waals surface area contributed by atoms with Crippen molar-refractivity contribution in [1.82, 2.24) is 15.2 Å². The summed E-state index contributed by atoms with van der Waals surface area (Å²) in [5.74, 6) is 1.78. The molecule has 1 aliphatic rings. The number of hydrogen-bond donors (Lipinski definition) is 1.